The summed E-state index contributed by atoms with van der Waals surface area (Å²) >= 11 is -0.826. The van der Waals surface area contributed by atoms with Crippen LogP contribution in [0.4, 0.5) is 0 Å². The summed E-state index contributed by atoms with van der Waals surface area (Å²) in [6, 6.07) is 52.7. The zero-order valence-electron chi connectivity index (χ0n) is 51.9. The minimum Gasteiger partial charge on any atom is -0.184 e. The molecule has 8 aromatic rings. The maximum atomic E-state index is 4.93. The van der Waals surface area contributed by atoms with Gasteiger partial charge in [-0.3, -0.25) is 0 Å². The van der Waals surface area contributed by atoms with Gasteiger partial charge < -0.3 is 0 Å². The van der Waals surface area contributed by atoms with Crippen LogP contribution in [0.2, 0.25) is 78.6 Å². The molecule has 0 saturated heterocycles. The number of rotatable bonds is 10. The summed E-state index contributed by atoms with van der Waals surface area (Å²) in [5.74, 6) is 1.35. The smallest absolute Gasteiger partial charge is 0.0920 e. The van der Waals surface area contributed by atoms with Crippen LogP contribution < -0.4 is 31.1 Å². The van der Waals surface area contributed by atoms with Gasteiger partial charge in [0.05, 0.1) is 41.8 Å². The van der Waals surface area contributed by atoms with E-state index < -0.39 is 53.1 Å². The quantitative estimate of drug-likeness (QED) is 0.0946. The van der Waals surface area contributed by atoms with E-state index in [0.717, 1.165) is 22.4 Å². The number of fused-ring (bicyclic) bond motifs is 5. The zero-order valence-corrected chi connectivity index (χ0v) is 60.9. The van der Waals surface area contributed by atoms with E-state index in [2.05, 4.69) is 275 Å². The molecule has 0 aromatic heterocycles. The van der Waals surface area contributed by atoms with Gasteiger partial charge in [0.2, 0.25) is 0 Å². The van der Waals surface area contributed by atoms with E-state index in [-0.39, 0.29) is 10.8 Å². The second-order valence-electron chi connectivity index (χ2n) is 29.2. The molecule has 78 heavy (non-hydrogen) atoms. The Bertz CT molecular complexity index is 3040. The minimum atomic E-state index is -1.43. The Kier molecular flexibility index (Phi) is 20.8. The van der Waals surface area contributed by atoms with E-state index >= 15 is 0 Å². The topological polar surface area (TPSA) is 0 Å². The summed E-state index contributed by atoms with van der Waals surface area (Å²) in [5, 5.41) is 14.9. The Morgan fingerprint density at radius 2 is 0.846 bits per heavy atom. The number of benzene rings is 6. The van der Waals surface area contributed by atoms with Gasteiger partial charge in [-0.2, -0.15) is 41.6 Å². The first-order valence-corrected chi connectivity index (χ1v) is 50.0. The fourth-order valence-corrected chi connectivity index (χ4v) is 17.0. The maximum Gasteiger partial charge on any atom is 0.0920 e. The zero-order chi connectivity index (χ0) is 58.1. The van der Waals surface area contributed by atoms with Gasteiger partial charge in [0, 0.05) is 0 Å². The van der Waals surface area contributed by atoms with Crippen molar-refractivity contribution in [2.24, 2.45) is 11.8 Å². The van der Waals surface area contributed by atoms with Crippen LogP contribution in [0.3, 0.4) is 0 Å². The van der Waals surface area contributed by atoms with Gasteiger partial charge in [0.1, 0.15) is 0 Å². The standard InChI is InChI=1S/2C29H43Si2.C12H7Si.2ClH.Zr/c2*1-20(2)14-21-15-22-12-13-27(29(3,4)5)28(26(22)16-21)23-17-24(30(6,7)8)19-25(18-23)31(9,10)11;1-3-7-11-9(5-1)10-6-2-4-8-12(10)13-11;;;/h2*12-13,15-20H,14H2,1-11H3;1-7H;2*1H;/q3*-1;;;+2/p-2. The molecule has 0 saturated carbocycles. The van der Waals surface area contributed by atoms with E-state index in [0.29, 0.717) is 11.8 Å². The van der Waals surface area contributed by atoms with Gasteiger partial charge in [-0.1, -0.05) is 262 Å². The Morgan fingerprint density at radius 1 is 0.487 bits per heavy atom. The van der Waals surface area contributed by atoms with E-state index in [1.54, 1.807) is 20.7 Å². The van der Waals surface area contributed by atoms with Gasteiger partial charge in [-0.15, -0.1) is 74.6 Å². The second kappa shape index (κ2) is 25.3. The van der Waals surface area contributed by atoms with Crippen LogP contribution in [0.25, 0.3) is 54.9 Å². The van der Waals surface area contributed by atoms with E-state index in [4.69, 9.17) is 17.0 Å². The molecule has 0 spiro atoms. The average Bonchev–Trinajstić information content (AvgIpc) is 4.04. The summed E-state index contributed by atoms with van der Waals surface area (Å²) in [6.07, 6.45) is 2.29. The number of halogens is 2. The Labute approximate surface area is 500 Å². The van der Waals surface area contributed by atoms with E-state index in [1.165, 1.54) is 87.6 Å². The van der Waals surface area contributed by atoms with Crippen LogP contribution in [-0.4, -0.2) is 41.8 Å². The van der Waals surface area contributed by atoms with Gasteiger partial charge >= 0.3 is 37.9 Å². The second-order valence-corrected chi connectivity index (χ2v) is 54.5. The molecule has 0 nitrogen and oxygen atoms in total. The van der Waals surface area contributed by atoms with Crippen molar-refractivity contribution in [2.75, 3.05) is 0 Å². The molecule has 9 rings (SSSR count). The molecule has 0 unspecified atom stereocenters. The molecule has 1 heterocycles. The largest absolute Gasteiger partial charge is 0.184 e. The number of hydrogen-bond acceptors (Lipinski definition) is 0. The molecule has 2 radical (unpaired) electrons. The Hall–Kier alpha value is -2.91. The molecule has 1 aliphatic heterocycles. The van der Waals surface area contributed by atoms with Crippen molar-refractivity contribution in [1.82, 2.24) is 0 Å². The molecule has 0 amide bonds. The fourth-order valence-electron chi connectivity index (χ4n) is 10.7. The summed E-state index contributed by atoms with van der Waals surface area (Å²) < 4.78 is 0. The SMILES string of the molecule is CC(C)Cc1cc2c(-c3cc([Si](C)(C)C)cc([Si](C)(C)C)c3)c(C(C)(C)C)ccc2[cH-]1.CC(C)Cc1cc2c(-c3cc([Si](C)(C)C)cc([Si](C)(C)C)c3)c(C(C)(C)C)ccc2[cH-]1.[Cl][Zr][Cl].[c-]1cccc2c1[Si]c1ccccc1-2. The van der Waals surface area contributed by atoms with Crippen molar-refractivity contribution >= 4 is 112 Å². The third-order valence-electron chi connectivity index (χ3n) is 15.0. The van der Waals surface area contributed by atoms with Gasteiger partial charge in [-0.05, 0) is 46.6 Å². The summed E-state index contributed by atoms with van der Waals surface area (Å²) in [7, 11) is 4.93. The third kappa shape index (κ3) is 16.2. The minimum absolute atomic E-state index is 0.105. The van der Waals surface area contributed by atoms with Crippen molar-refractivity contribution < 1.29 is 20.8 Å². The average molecular weight is 1240 g/mol. The van der Waals surface area contributed by atoms with Crippen LogP contribution in [0, 0.1) is 17.9 Å². The summed E-state index contributed by atoms with van der Waals surface area (Å²) in [6.45, 7) is 53.2. The molecule has 414 valence electrons. The molecule has 8 aromatic carbocycles. The fraction of sp³-hybridized carbons (Fsp3) is 0.400. The van der Waals surface area contributed by atoms with Gasteiger partial charge in [0.15, 0.2) is 0 Å². The first-order chi connectivity index (χ1) is 36.0. The van der Waals surface area contributed by atoms with E-state index in [9.17, 15) is 0 Å². The normalized spacial score (nSPS) is 12.9. The first-order valence-electron chi connectivity index (χ1n) is 28.6. The summed E-state index contributed by atoms with van der Waals surface area (Å²) in [4.78, 5) is 0. The van der Waals surface area contributed by atoms with Gasteiger partial charge in [-0.25, -0.2) is 0 Å². The molecular weight excluding hydrogens is 1140 g/mol. The van der Waals surface area contributed by atoms with Crippen LogP contribution in [0.15, 0.2) is 127 Å². The van der Waals surface area contributed by atoms with Crippen molar-refractivity contribution in [1.29, 1.82) is 0 Å². The molecular formula is C70H93Cl2Si5Zr-3. The molecule has 1 aliphatic rings. The van der Waals surface area contributed by atoms with Crippen molar-refractivity contribution in [2.45, 2.75) is 171 Å². The molecule has 0 fully saturated rings. The molecule has 8 heteroatoms. The van der Waals surface area contributed by atoms with E-state index in [1.807, 2.05) is 6.07 Å². The van der Waals surface area contributed by atoms with Gasteiger partial charge in [0.25, 0.3) is 0 Å². The summed E-state index contributed by atoms with van der Waals surface area (Å²) in [5.41, 5.74) is 14.7. The predicted octanol–water partition coefficient (Wildman–Crippen LogP) is 18.1. The monoisotopic (exact) mass is 1230 g/mol. The molecule has 0 bridgehead atoms. The van der Waals surface area contributed by atoms with Crippen molar-refractivity contribution in [3.8, 4) is 33.4 Å². The van der Waals surface area contributed by atoms with Crippen LogP contribution in [-0.2, 0) is 44.5 Å². The Balaban J connectivity index is 0.000000197. The maximum absolute atomic E-state index is 4.93. The first kappa shape index (κ1) is 64.3. The molecule has 0 aliphatic carbocycles. The molecule has 0 N–H and O–H groups in total. The predicted molar refractivity (Wildman–Crippen MR) is 364 cm³/mol. The van der Waals surface area contributed by atoms with Crippen LogP contribution in [0.1, 0.15) is 91.5 Å². The van der Waals surface area contributed by atoms with Crippen molar-refractivity contribution in [3.05, 3.63) is 156 Å². The number of hydrogen-bond donors (Lipinski definition) is 0. The van der Waals surface area contributed by atoms with Crippen LogP contribution >= 0.6 is 17.0 Å². The third-order valence-corrected chi connectivity index (χ3v) is 24.5. The van der Waals surface area contributed by atoms with Crippen molar-refractivity contribution in [3.63, 3.8) is 0 Å². The molecule has 0 atom stereocenters. The van der Waals surface area contributed by atoms with Crippen LogP contribution in [0.5, 0.6) is 0 Å². The Morgan fingerprint density at radius 3 is 1.19 bits per heavy atom.